The van der Waals surface area contributed by atoms with Gasteiger partial charge in [-0.25, -0.2) is 0 Å². The van der Waals surface area contributed by atoms with E-state index in [0.29, 0.717) is 6.23 Å². The normalized spacial score (nSPS) is 24.2. The van der Waals surface area contributed by atoms with E-state index in [0.717, 1.165) is 17.5 Å². The van der Waals surface area contributed by atoms with E-state index in [1.165, 1.54) is 25.9 Å². The van der Waals surface area contributed by atoms with Gasteiger partial charge in [-0.3, -0.25) is 0 Å². The molecule has 1 fully saturated rings. The predicted molar refractivity (Wildman–Crippen MR) is 50.9 cm³/mol. The molecule has 12 heavy (non-hydrogen) atoms. The Labute approximate surface area is 76.1 Å². The van der Waals surface area contributed by atoms with Crippen LogP contribution in [0.15, 0.2) is 0 Å². The highest BCUT2D eigenvalue weighted by atomic mass is 16.5. The molecule has 2 nitrogen and oxygen atoms in total. The van der Waals surface area contributed by atoms with Gasteiger partial charge in [0.25, 0.3) is 0 Å². The van der Waals surface area contributed by atoms with Crippen molar-refractivity contribution in [2.45, 2.75) is 39.3 Å². The van der Waals surface area contributed by atoms with Crippen molar-refractivity contribution in [2.75, 3.05) is 26.7 Å². The Bertz CT molecular complexity index is 130. The molecule has 0 aromatic heterocycles. The Morgan fingerprint density at radius 2 is 1.92 bits per heavy atom. The summed E-state index contributed by atoms with van der Waals surface area (Å²) < 4.78 is 6.88. The summed E-state index contributed by atoms with van der Waals surface area (Å²) in [5.41, 5.74) is 0. The lowest BCUT2D eigenvalue weighted by Gasteiger charge is -2.35. The fourth-order valence-electron chi connectivity index (χ4n) is 1.89. The van der Waals surface area contributed by atoms with Crippen LogP contribution in [0, 0.1) is 0 Å². The van der Waals surface area contributed by atoms with Crippen molar-refractivity contribution < 1.29 is 9.22 Å². The maximum atomic E-state index is 5.75. The average Bonchev–Trinajstić information content (AvgIpc) is 2.49. The predicted octanol–water partition coefficient (Wildman–Crippen LogP) is 2.00. The van der Waals surface area contributed by atoms with Gasteiger partial charge in [0.15, 0.2) is 6.23 Å². The van der Waals surface area contributed by atoms with E-state index in [2.05, 4.69) is 20.9 Å². The zero-order valence-electron chi connectivity index (χ0n) is 8.68. The van der Waals surface area contributed by atoms with Crippen LogP contribution in [-0.2, 0) is 4.74 Å². The van der Waals surface area contributed by atoms with E-state index in [1.807, 2.05) is 0 Å². The Hall–Kier alpha value is -0.0800. The molecular weight excluding hydrogens is 150 g/mol. The van der Waals surface area contributed by atoms with Crippen molar-refractivity contribution in [3.63, 3.8) is 0 Å². The number of likely N-dealkylation sites (tertiary alicyclic amines) is 1. The van der Waals surface area contributed by atoms with Gasteiger partial charge in [-0.15, -0.1) is 0 Å². The summed E-state index contributed by atoms with van der Waals surface area (Å²) in [7, 11) is 2.31. The van der Waals surface area contributed by atoms with Crippen molar-refractivity contribution in [3.8, 4) is 0 Å². The first-order valence-corrected chi connectivity index (χ1v) is 5.15. The smallest absolute Gasteiger partial charge is 0.190 e. The highest BCUT2D eigenvalue weighted by molar-refractivity contribution is 4.52. The van der Waals surface area contributed by atoms with E-state index in [4.69, 9.17) is 4.74 Å². The van der Waals surface area contributed by atoms with Crippen LogP contribution in [0.25, 0.3) is 0 Å². The molecule has 0 aromatic rings. The first-order chi connectivity index (χ1) is 5.69. The van der Waals surface area contributed by atoms with Gasteiger partial charge in [0.05, 0.1) is 26.7 Å². The Morgan fingerprint density at radius 3 is 2.42 bits per heavy atom. The molecule has 1 aliphatic heterocycles. The van der Waals surface area contributed by atoms with Crippen LogP contribution in [0.2, 0.25) is 0 Å². The van der Waals surface area contributed by atoms with Gasteiger partial charge in [-0.2, -0.15) is 0 Å². The molecule has 0 aromatic carbocycles. The number of hydrogen-bond donors (Lipinski definition) is 0. The fourth-order valence-corrected chi connectivity index (χ4v) is 1.89. The fraction of sp³-hybridized carbons (Fsp3) is 1.00. The third kappa shape index (κ3) is 2.20. The molecule has 0 spiro atoms. The summed E-state index contributed by atoms with van der Waals surface area (Å²) in [6, 6.07) is 0. The lowest BCUT2D eigenvalue weighted by atomic mass is 10.4. The molecule has 0 aliphatic carbocycles. The molecule has 1 unspecified atom stereocenters. The molecule has 72 valence electrons. The van der Waals surface area contributed by atoms with E-state index in [-0.39, 0.29) is 0 Å². The van der Waals surface area contributed by atoms with Crippen molar-refractivity contribution in [3.05, 3.63) is 0 Å². The minimum absolute atomic E-state index is 0.396. The van der Waals surface area contributed by atoms with Gasteiger partial charge in [-0.05, 0) is 6.42 Å². The SMILES string of the molecule is CCCOC(C)[N+]1(C)CCCC1. The molecule has 0 N–H and O–H groups in total. The standard InChI is InChI=1S/C10H22NO/c1-4-9-12-10(2)11(3)7-5-6-8-11/h10H,4-9H2,1-3H3/q+1. The Kier molecular flexibility index (Phi) is 3.53. The number of rotatable bonds is 4. The zero-order valence-corrected chi connectivity index (χ0v) is 8.68. The Morgan fingerprint density at radius 1 is 1.33 bits per heavy atom. The summed E-state index contributed by atoms with van der Waals surface area (Å²) in [6.07, 6.45) is 4.27. The van der Waals surface area contributed by atoms with E-state index >= 15 is 0 Å². The molecule has 0 radical (unpaired) electrons. The van der Waals surface area contributed by atoms with Crippen molar-refractivity contribution in [1.29, 1.82) is 0 Å². The van der Waals surface area contributed by atoms with E-state index in [9.17, 15) is 0 Å². The number of quaternary nitrogens is 1. The van der Waals surface area contributed by atoms with E-state index < -0.39 is 0 Å². The van der Waals surface area contributed by atoms with Crippen molar-refractivity contribution in [1.82, 2.24) is 0 Å². The minimum Gasteiger partial charge on any atom is -0.329 e. The van der Waals surface area contributed by atoms with Crippen LogP contribution in [0.5, 0.6) is 0 Å². The van der Waals surface area contributed by atoms with Crippen LogP contribution in [0.4, 0.5) is 0 Å². The molecule has 1 saturated heterocycles. The van der Waals surface area contributed by atoms with E-state index in [1.54, 1.807) is 0 Å². The first-order valence-electron chi connectivity index (χ1n) is 5.15. The van der Waals surface area contributed by atoms with Crippen LogP contribution >= 0.6 is 0 Å². The molecule has 1 aliphatic rings. The largest absolute Gasteiger partial charge is 0.329 e. The van der Waals surface area contributed by atoms with Gasteiger partial charge in [0.2, 0.25) is 0 Å². The van der Waals surface area contributed by atoms with Gasteiger partial charge in [0.1, 0.15) is 0 Å². The molecule has 1 atom stereocenters. The number of hydrogen-bond acceptors (Lipinski definition) is 1. The second-order valence-electron chi connectivity index (χ2n) is 4.10. The highest BCUT2D eigenvalue weighted by Crippen LogP contribution is 2.21. The van der Waals surface area contributed by atoms with Crippen LogP contribution in [-0.4, -0.2) is 37.5 Å². The minimum atomic E-state index is 0.396. The van der Waals surface area contributed by atoms with Crippen LogP contribution in [0.1, 0.15) is 33.1 Å². The van der Waals surface area contributed by atoms with Gasteiger partial charge < -0.3 is 9.22 Å². The molecule has 2 heteroatoms. The second-order valence-corrected chi connectivity index (χ2v) is 4.10. The molecule has 0 bridgehead atoms. The summed E-state index contributed by atoms with van der Waals surface area (Å²) >= 11 is 0. The van der Waals surface area contributed by atoms with Gasteiger partial charge in [0, 0.05) is 19.8 Å². The molecule has 1 rings (SSSR count). The molecular formula is C10H22NO+. The average molecular weight is 172 g/mol. The quantitative estimate of drug-likeness (QED) is 0.589. The lowest BCUT2D eigenvalue weighted by molar-refractivity contribution is -0.942. The molecule has 0 saturated carbocycles. The number of nitrogens with zero attached hydrogens (tertiary/aromatic N) is 1. The third-order valence-electron chi connectivity index (χ3n) is 3.03. The summed E-state index contributed by atoms with van der Waals surface area (Å²) in [5.74, 6) is 0. The maximum absolute atomic E-state index is 5.75. The highest BCUT2D eigenvalue weighted by Gasteiger charge is 2.32. The first kappa shape index (κ1) is 10.0. The third-order valence-corrected chi connectivity index (χ3v) is 3.03. The monoisotopic (exact) mass is 172 g/mol. The maximum Gasteiger partial charge on any atom is 0.190 e. The van der Waals surface area contributed by atoms with Crippen LogP contribution < -0.4 is 0 Å². The molecule has 1 heterocycles. The summed E-state index contributed by atoms with van der Waals surface area (Å²) in [5, 5.41) is 0. The second kappa shape index (κ2) is 4.24. The summed E-state index contributed by atoms with van der Waals surface area (Å²) in [4.78, 5) is 0. The lowest BCUT2D eigenvalue weighted by Crippen LogP contribution is -2.49. The zero-order chi connectivity index (χ0) is 9.03. The van der Waals surface area contributed by atoms with Gasteiger partial charge >= 0.3 is 0 Å². The van der Waals surface area contributed by atoms with Crippen molar-refractivity contribution in [2.24, 2.45) is 0 Å². The van der Waals surface area contributed by atoms with Crippen LogP contribution in [0.3, 0.4) is 0 Å². The Balaban J connectivity index is 2.33. The van der Waals surface area contributed by atoms with Gasteiger partial charge in [-0.1, -0.05) is 6.92 Å². The summed E-state index contributed by atoms with van der Waals surface area (Å²) in [6.45, 7) is 7.88. The topological polar surface area (TPSA) is 9.23 Å². The van der Waals surface area contributed by atoms with Crippen molar-refractivity contribution >= 4 is 0 Å². The molecule has 0 amide bonds. The number of ether oxygens (including phenoxy) is 1.